The molecule has 5 heteroatoms. The summed E-state index contributed by atoms with van der Waals surface area (Å²) in [5.74, 6) is 0.539. The molecule has 0 aromatic carbocycles. The second-order valence-corrected chi connectivity index (χ2v) is 6.64. The number of piperidine rings is 1. The van der Waals surface area contributed by atoms with Crippen LogP contribution in [0.15, 0.2) is 0 Å². The van der Waals surface area contributed by atoms with Crippen LogP contribution in [-0.4, -0.2) is 33.3 Å². The molecule has 1 aliphatic rings. The lowest BCUT2D eigenvalue weighted by molar-refractivity contribution is 0.486. The second-order valence-electron chi connectivity index (χ2n) is 4.59. The Morgan fingerprint density at radius 1 is 1.47 bits per heavy atom. The highest BCUT2D eigenvalue weighted by Crippen LogP contribution is 2.10. The van der Waals surface area contributed by atoms with Gasteiger partial charge in [-0.1, -0.05) is 13.8 Å². The van der Waals surface area contributed by atoms with E-state index >= 15 is 0 Å². The zero-order valence-electron chi connectivity index (χ0n) is 9.62. The maximum absolute atomic E-state index is 11.8. The Labute approximate surface area is 92.9 Å². The zero-order chi connectivity index (χ0) is 11.3. The van der Waals surface area contributed by atoms with E-state index in [-0.39, 0.29) is 5.25 Å². The van der Waals surface area contributed by atoms with Crippen molar-refractivity contribution < 1.29 is 8.42 Å². The van der Waals surface area contributed by atoms with E-state index in [1.807, 2.05) is 0 Å². The van der Waals surface area contributed by atoms with Crippen molar-refractivity contribution in [3.63, 3.8) is 0 Å². The Bertz CT molecular complexity index is 269. The third-order valence-electron chi connectivity index (χ3n) is 2.72. The highest BCUT2D eigenvalue weighted by molar-refractivity contribution is 7.90. The largest absolute Gasteiger partial charge is 0.315 e. The van der Waals surface area contributed by atoms with Crippen LogP contribution < -0.4 is 10.0 Å². The van der Waals surface area contributed by atoms with E-state index in [1.54, 1.807) is 0 Å². The minimum absolute atomic E-state index is 0.238. The molecular formula is C10H22N2O2S. The Balaban J connectivity index is 2.36. The van der Waals surface area contributed by atoms with Crippen molar-refractivity contribution in [2.45, 2.75) is 38.4 Å². The molecule has 1 saturated heterocycles. The van der Waals surface area contributed by atoms with Crippen molar-refractivity contribution in [2.24, 2.45) is 5.92 Å². The van der Waals surface area contributed by atoms with E-state index in [1.165, 1.54) is 0 Å². The summed E-state index contributed by atoms with van der Waals surface area (Å²) in [5, 5.41) is 2.88. The summed E-state index contributed by atoms with van der Waals surface area (Å²) in [6.45, 7) is 6.29. The minimum atomic E-state index is -3.09. The molecule has 0 radical (unpaired) electrons. The molecule has 0 bridgehead atoms. The molecular weight excluding hydrogens is 212 g/mol. The van der Waals surface area contributed by atoms with Crippen LogP contribution in [0.3, 0.4) is 0 Å². The molecule has 15 heavy (non-hydrogen) atoms. The zero-order valence-corrected chi connectivity index (χ0v) is 10.4. The van der Waals surface area contributed by atoms with E-state index in [0.717, 1.165) is 25.8 Å². The fraction of sp³-hybridized carbons (Fsp3) is 1.00. The lowest BCUT2D eigenvalue weighted by Crippen LogP contribution is -2.44. The van der Waals surface area contributed by atoms with E-state index in [4.69, 9.17) is 0 Å². The molecule has 1 aliphatic heterocycles. The van der Waals surface area contributed by atoms with Gasteiger partial charge in [0.2, 0.25) is 10.0 Å². The highest BCUT2D eigenvalue weighted by atomic mass is 32.2. The Hall–Kier alpha value is -0.130. The summed E-state index contributed by atoms with van der Waals surface area (Å²) >= 11 is 0. The van der Waals surface area contributed by atoms with Crippen LogP contribution >= 0.6 is 0 Å². The summed E-state index contributed by atoms with van der Waals surface area (Å²) in [7, 11) is -3.09. The third-order valence-corrected chi connectivity index (χ3v) is 4.60. The summed E-state index contributed by atoms with van der Waals surface area (Å²) in [6, 6.07) is 0. The van der Waals surface area contributed by atoms with Gasteiger partial charge in [-0.05, 0) is 31.7 Å². The average Bonchev–Trinajstić information content (AvgIpc) is 2.18. The Morgan fingerprint density at radius 3 is 2.73 bits per heavy atom. The minimum Gasteiger partial charge on any atom is -0.315 e. The predicted octanol–water partition coefficient (Wildman–Crippen LogP) is 0.704. The number of hydrogen-bond acceptors (Lipinski definition) is 3. The molecule has 1 heterocycles. The van der Waals surface area contributed by atoms with Gasteiger partial charge in [0.05, 0.1) is 5.25 Å². The molecule has 0 aliphatic carbocycles. The molecule has 2 N–H and O–H groups in total. The van der Waals surface area contributed by atoms with E-state index in [9.17, 15) is 8.42 Å². The van der Waals surface area contributed by atoms with Gasteiger partial charge in [-0.2, -0.15) is 0 Å². The topological polar surface area (TPSA) is 58.2 Å². The molecule has 0 amide bonds. The quantitative estimate of drug-likeness (QED) is 0.736. The molecule has 1 rings (SSSR count). The summed E-state index contributed by atoms with van der Waals surface area (Å²) in [5.41, 5.74) is 0. The number of sulfonamides is 1. The smallest absolute Gasteiger partial charge is 0.215 e. The monoisotopic (exact) mass is 234 g/mol. The Morgan fingerprint density at radius 2 is 2.20 bits per heavy atom. The van der Waals surface area contributed by atoms with Crippen molar-refractivity contribution in [1.29, 1.82) is 0 Å². The van der Waals surface area contributed by atoms with Crippen molar-refractivity contribution in [2.75, 3.05) is 19.6 Å². The first-order valence-electron chi connectivity index (χ1n) is 5.71. The van der Waals surface area contributed by atoms with Gasteiger partial charge in [0.15, 0.2) is 0 Å². The molecule has 90 valence electrons. The molecule has 1 fully saturated rings. The number of hydrogen-bond donors (Lipinski definition) is 2. The van der Waals surface area contributed by atoms with E-state index < -0.39 is 10.0 Å². The average molecular weight is 234 g/mol. The van der Waals surface area contributed by atoms with Gasteiger partial charge in [0.25, 0.3) is 0 Å². The van der Waals surface area contributed by atoms with Crippen molar-refractivity contribution in [3.05, 3.63) is 0 Å². The second kappa shape index (κ2) is 5.82. The standard InChI is InChI=1S/C10H22N2O2S/c1-9(2)5-7-12-15(13,14)10-4-3-6-11-8-10/h9-12H,3-8H2,1-2H3. The molecule has 0 spiro atoms. The molecule has 1 atom stereocenters. The number of rotatable bonds is 5. The highest BCUT2D eigenvalue weighted by Gasteiger charge is 2.26. The summed E-state index contributed by atoms with van der Waals surface area (Å²) in [6.07, 6.45) is 2.64. The van der Waals surface area contributed by atoms with Crippen LogP contribution in [-0.2, 0) is 10.0 Å². The van der Waals surface area contributed by atoms with Crippen molar-refractivity contribution >= 4 is 10.0 Å². The van der Waals surface area contributed by atoms with Gasteiger partial charge in [0, 0.05) is 13.1 Å². The van der Waals surface area contributed by atoms with Crippen LogP contribution in [0.25, 0.3) is 0 Å². The van der Waals surface area contributed by atoms with E-state index in [2.05, 4.69) is 23.9 Å². The van der Waals surface area contributed by atoms with Crippen molar-refractivity contribution in [1.82, 2.24) is 10.0 Å². The summed E-state index contributed by atoms with van der Waals surface area (Å²) in [4.78, 5) is 0. The molecule has 0 saturated carbocycles. The molecule has 1 unspecified atom stereocenters. The summed E-state index contributed by atoms with van der Waals surface area (Å²) < 4.78 is 26.3. The Kier molecular flexibility index (Phi) is 5.02. The van der Waals surface area contributed by atoms with Crippen LogP contribution in [0.1, 0.15) is 33.1 Å². The predicted molar refractivity (Wildman–Crippen MR) is 62.3 cm³/mol. The maximum atomic E-state index is 11.8. The maximum Gasteiger partial charge on any atom is 0.215 e. The number of nitrogens with one attached hydrogen (secondary N) is 2. The lowest BCUT2D eigenvalue weighted by Gasteiger charge is -2.23. The van der Waals surface area contributed by atoms with Gasteiger partial charge in [0.1, 0.15) is 0 Å². The van der Waals surface area contributed by atoms with Crippen LogP contribution in [0, 0.1) is 5.92 Å². The lowest BCUT2D eigenvalue weighted by atomic mass is 10.1. The fourth-order valence-electron chi connectivity index (χ4n) is 1.69. The van der Waals surface area contributed by atoms with Gasteiger partial charge in [-0.3, -0.25) is 0 Å². The SMILES string of the molecule is CC(C)CCNS(=O)(=O)C1CCCNC1. The van der Waals surface area contributed by atoms with Gasteiger partial charge in [-0.25, -0.2) is 13.1 Å². The van der Waals surface area contributed by atoms with Crippen LogP contribution in [0.5, 0.6) is 0 Å². The van der Waals surface area contributed by atoms with Gasteiger partial charge < -0.3 is 5.32 Å². The molecule has 4 nitrogen and oxygen atoms in total. The van der Waals surface area contributed by atoms with Crippen LogP contribution in [0.4, 0.5) is 0 Å². The van der Waals surface area contributed by atoms with Crippen LogP contribution in [0.2, 0.25) is 0 Å². The fourth-order valence-corrected chi connectivity index (χ4v) is 3.14. The van der Waals surface area contributed by atoms with Crippen molar-refractivity contribution in [3.8, 4) is 0 Å². The third kappa shape index (κ3) is 4.49. The molecule has 0 aromatic rings. The normalized spacial score (nSPS) is 23.3. The van der Waals surface area contributed by atoms with Gasteiger partial charge >= 0.3 is 0 Å². The first-order valence-corrected chi connectivity index (χ1v) is 7.26. The first-order chi connectivity index (χ1) is 7.02. The molecule has 0 aromatic heterocycles. The van der Waals surface area contributed by atoms with Gasteiger partial charge in [-0.15, -0.1) is 0 Å². The first kappa shape index (κ1) is 12.9. The van der Waals surface area contributed by atoms with E-state index in [0.29, 0.717) is 19.0 Å².